The Morgan fingerprint density at radius 1 is 1.44 bits per heavy atom. The first-order valence-electron chi connectivity index (χ1n) is 9.38. The highest BCUT2D eigenvalue weighted by molar-refractivity contribution is 5.94. The maximum atomic E-state index is 12.0. The maximum Gasteiger partial charge on any atom is 0.407 e. The van der Waals surface area contributed by atoms with Crippen LogP contribution in [0.2, 0.25) is 0 Å². The summed E-state index contributed by atoms with van der Waals surface area (Å²) in [6, 6.07) is 1.74. The number of aromatic nitrogens is 2. The van der Waals surface area contributed by atoms with Gasteiger partial charge >= 0.3 is 6.09 Å². The minimum absolute atomic E-state index is 0.0350. The highest BCUT2D eigenvalue weighted by Crippen LogP contribution is 2.38. The lowest BCUT2D eigenvalue weighted by atomic mass is 9.79. The number of amides is 2. The van der Waals surface area contributed by atoms with E-state index in [1.807, 2.05) is 6.92 Å². The van der Waals surface area contributed by atoms with E-state index >= 15 is 0 Å². The SMILES string of the molecule is C#C[C@H]1C[C@@H]1C(=O)Nc1cc([C@H]2C[C@@H](OC(=O)NC3(C)CCC3)CO2)[nH]n1. The molecular formula is C19H24N4O4. The van der Waals surface area contributed by atoms with Gasteiger partial charge in [0, 0.05) is 23.9 Å². The predicted molar refractivity (Wildman–Crippen MR) is 96.6 cm³/mol. The standard InChI is InChI=1S/C19H24N4O4/c1-3-11-7-13(11)17(24)20-16-9-14(22-23-16)15-8-12(10-26-15)27-18(25)21-19(2)5-4-6-19/h1,9,11-13,15H,4-8,10H2,2H3,(H,21,25)(H2,20,22,23,24)/t11-,12+,13-,15+/m0/s1. The van der Waals surface area contributed by atoms with Crippen LogP contribution in [0.15, 0.2) is 6.07 Å². The second kappa shape index (κ2) is 6.89. The normalized spacial score (nSPS) is 30.7. The van der Waals surface area contributed by atoms with E-state index in [4.69, 9.17) is 15.9 Å². The fraction of sp³-hybridized carbons (Fsp3) is 0.632. The van der Waals surface area contributed by atoms with E-state index in [0.29, 0.717) is 18.8 Å². The van der Waals surface area contributed by atoms with Gasteiger partial charge in [-0.1, -0.05) is 0 Å². The van der Waals surface area contributed by atoms with Crippen LogP contribution in [-0.2, 0) is 14.3 Å². The van der Waals surface area contributed by atoms with Crippen molar-refractivity contribution in [3.8, 4) is 12.3 Å². The molecule has 4 rings (SSSR count). The lowest BCUT2D eigenvalue weighted by molar-refractivity contribution is -0.117. The molecule has 0 aromatic carbocycles. The molecule has 1 aromatic rings. The summed E-state index contributed by atoms with van der Waals surface area (Å²) in [6.07, 6.45) is 8.75. The van der Waals surface area contributed by atoms with Gasteiger partial charge in [0.2, 0.25) is 5.91 Å². The molecule has 0 unspecified atom stereocenters. The zero-order chi connectivity index (χ0) is 19.0. The highest BCUT2D eigenvalue weighted by Gasteiger charge is 2.42. The number of rotatable bonds is 5. The van der Waals surface area contributed by atoms with Crippen LogP contribution in [0.3, 0.4) is 0 Å². The Labute approximate surface area is 157 Å². The number of hydrogen-bond acceptors (Lipinski definition) is 5. The molecule has 0 radical (unpaired) electrons. The van der Waals surface area contributed by atoms with Crippen molar-refractivity contribution in [2.75, 3.05) is 11.9 Å². The van der Waals surface area contributed by atoms with Crippen molar-refractivity contribution >= 4 is 17.8 Å². The Hall–Kier alpha value is -2.53. The minimum atomic E-state index is -0.392. The molecule has 2 aliphatic carbocycles. The van der Waals surface area contributed by atoms with Crippen molar-refractivity contribution in [1.29, 1.82) is 0 Å². The molecule has 1 aliphatic heterocycles. The van der Waals surface area contributed by atoms with Gasteiger partial charge in [-0.3, -0.25) is 9.89 Å². The molecule has 0 spiro atoms. The van der Waals surface area contributed by atoms with E-state index < -0.39 is 6.09 Å². The average molecular weight is 372 g/mol. The summed E-state index contributed by atoms with van der Waals surface area (Å²) in [5.74, 6) is 2.85. The monoisotopic (exact) mass is 372 g/mol. The lowest BCUT2D eigenvalue weighted by Gasteiger charge is -2.38. The van der Waals surface area contributed by atoms with Crippen molar-refractivity contribution in [3.63, 3.8) is 0 Å². The van der Waals surface area contributed by atoms with Crippen LogP contribution in [0, 0.1) is 24.2 Å². The third kappa shape index (κ3) is 3.93. The zero-order valence-corrected chi connectivity index (χ0v) is 15.3. The Kier molecular flexibility index (Phi) is 4.56. The molecule has 1 saturated heterocycles. The molecule has 2 saturated carbocycles. The molecule has 1 aromatic heterocycles. The van der Waals surface area contributed by atoms with Crippen LogP contribution in [-0.4, -0.2) is 40.4 Å². The summed E-state index contributed by atoms with van der Waals surface area (Å²) in [7, 11) is 0. The van der Waals surface area contributed by atoms with Crippen LogP contribution in [0.4, 0.5) is 10.6 Å². The van der Waals surface area contributed by atoms with E-state index in [1.54, 1.807) is 6.07 Å². The Morgan fingerprint density at radius 3 is 2.93 bits per heavy atom. The second-order valence-electron chi connectivity index (χ2n) is 7.94. The first-order chi connectivity index (χ1) is 13.0. The van der Waals surface area contributed by atoms with Crippen molar-refractivity contribution in [3.05, 3.63) is 11.8 Å². The number of hydrogen-bond donors (Lipinski definition) is 3. The largest absolute Gasteiger partial charge is 0.444 e. The lowest BCUT2D eigenvalue weighted by Crippen LogP contribution is -2.51. The van der Waals surface area contributed by atoms with Crippen molar-refractivity contribution in [2.45, 2.75) is 56.8 Å². The average Bonchev–Trinajstić information content (AvgIpc) is 3.02. The molecule has 144 valence electrons. The fourth-order valence-corrected chi connectivity index (χ4v) is 3.61. The van der Waals surface area contributed by atoms with Gasteiger partial charge in [0.25, 0.3) is 0 Å². The number of ether oxygens (including phenoxy) is 2. The number of anilines is 1. The van der Waals surface area contributed by atoms with E-state index in [0.717, 1.165) is 31.4 Å². The smallest absolute Gasteiger partial charge is 0.407 e. The summed E-state index contributed by atoms with van der Waals surface area (Å²) in [5.41, 5.74) is 0.610. The number of nitrogens with zero attached hydrogens (tertiary/aromatic N) is 1. The van der Waals surface area contributed by atoms with Gasteiger partial charge < -0.3 is 20.1 Å². The van der Waals surface area contributed by atoms with Crippen LogP contribution < -0.4 is 10.6 Å². The van der Waals surface area contributed by atoms with E-state index in [-0.39, 0.29) is 35.5 Å². The third-order valence-electron chi connectivity index (χ3n) is 5.63. The van der Waals surface area contributed by atoms with E-state index in [2.05, 4.69) is 26.8 Å². The maximum absolute atomic E-state index is 12.0. The Bertz CT molecular complexity index is 779. The summed E-state index contributed by atoms with van der Waals surface area (Å²) >= 11 is 0. The fourth-order valence-electron chi connectivity index (χ4n) is 3.61. The van der Waals surface area contributed by atoms with Crippen molar-refractivity contribution < 1.29 is 19.1 Å². The van der Waals surface area contributed by atoms with Gasteiger partial charge in [0.05, 0.1) is 18.2 Å². The molecule has 3 fully saturated rings. The number of carbonyl (C=O) groups is 2. The summed E-state index contributed by atoms with van der Waals surface area (Å²) in [4.78, 5) is 24.1. The van der Waals surface area contributed by atoms with Crippen molar-refractivity contribution in [2.24, 2.45) is 11.8 Å². The van der Waals surface area contributed by atoms with Crippen LogP contribution in [0.25, 0.3) is 0 Å². The van der Waals surface area contributed by atoms with Gasteiger partial charge in [0.1, 0.15) is 12.2 Å². The van der Waals surface area contributed by atoms with E-state index in [9.17, 15) is 9.59 Å². The van der Waals surface area contributed by atoms with Gasteiger partial charge in [0.15, 0.2) is 5.82 Å². The second-order valence-corrected chi connectivity index (χ2v) is 7.94. The summed E-state index contributed by atoms with van der Waals surface area (Å²) < 4.78 is 11.2. The number of terminal acetylenes is 1. The van der Waals surface area contributed by atoms with Crippen molar-refractivity contribution in [1.82, 2.24) is 15.5 Å². The summed E-state index contributed by atoms with van der Waals surface area (Å²) in [6.45, 7) is 2.36. The third-order valence-corrected chi connectivity index (χ3v) is 5.63. The Morgan fingerprint density at radius 2 is 2.26 bits per heavy atom. The van der Waals surface area contributed by atoms with Crippen LogP contribution >= 0.6 is 0 Å². The molecule has 8 nitrogen and oxygen atoms in total. The molecule has 3 N–H and O–H groups in total. The first-order valence-corrected chi connectivity index (χ1v) is 9.38. The molecule has 2 heterocycles. The molecule has 4 atom stereocenters. The first kappa shape index (κ1) is 17.9. The summed E-state index contributed by atoms with van der Waals surface area (Å²) in [5, 5.41) is 12.7. The van der Waals surface area contributed by atoms with Gasteiger partial charge in [-0.2, -0.15) is 5.10 Å². The topological polar surface area (TPSA) is 105 Å². The van der Waals surface area contributed by atoms with Crippen LogP contribution in [0.1, 0.15) is 50.8 Å². The Balaban J connectivity index is 1.25. The van der Waals surface area contributed by atoms with Gasteiger partial charge in [-0.25, -0.2) is 4.79 Å². The number of aromatic amines is 1. The highest BCUT2D eigenvalue weighted by atomic mass is 16.6. The minimum Gasteiger partial charge on any atom is -0.444 e. The molecule has 0 bridgehead atoms. The number of H-pyrrole nitrogens is 1. The van der Waals surface area contributed by atoms with E-state index in [1.165, 1.54) is 0 Å². The molecular weight excluding hydrogens is 348 g/mol. The zero-order valence-electron chi connectivity index (χ0n) is 15.3. The number of alkyl carbamates (subject to hydrolysis) is 1. The predicted octanol–water partition coefficient (Wildman–Crippen LogP) is 2.12. The quantitative estimate of drug-likeness (QED) is 0.687. The number of nitrogens with one attached hydrogen (secondary N) is 3. The van der Waals surface area contributed by atoms with Crippen LogP contribution in [0.5, 0.6) is 0 Å². The molecule has 27 heavy (non-hydrogen) atoms. The molecule has 3 aliphatic rings. The number of carbonyl (C=O) groups excluding carboxylic acids is 2. The van der Waals surface area contributed by atoms with Gasteiger partial charge in [-0.05, 0) is 32.6 Å². The van der Waals surface area contributed by atoms with Gasteiger partial charge in [-0.15, -0.1) is 12.3 Å². The molecule has 8 heteroatoms. The molecule has 2 amide bonds.